The number of hydrogen-bond donors (Lipinski definition) is 2. The highest BCUT2D eigenvalue weighted by Crippen LogP contribution is 2.27. The van der Waals surface area contributed by atoms with Crippen LogP contribution < -0.4 is 15.4 Å². The van der Waals surface area contributed by atoms with Crippen LogP contribution in [0.3, 0.4) is 0 Å². The predicted molar refractivity (Wildman–Crippen MR) is 106 cm³/mol. The van der Waals surface area contributed by atoms with E-state index < -0.39 is 0 Å². The maximum atomic E-state index is 12.4. The smallest absolute Gasteiger partial charge is 0.262 e. The molecule has 0 spiro atoms. The second-order valence-electron chi connectivity index (χ2n) is 7.33. The molecule has 2 aromatic carbocycles. The van der Waals surface area contributed by atoms with Gasteiger partial charge < -0.3 is 15.4 Å². The number of hydrogen-bond acceptors (Lipinski definition) is 3. The maximum Gasteiger partial charge on any atom is 0.262 e. The molecular formula is C22H26N2O3. The third kappa shape index (κ3) is 5.09. The standard InChI is InChI=1S/C22H26N2O3/c1-14(2)17-11-8-15(3)12-20(17)27-13-21(25)24-19-7-5-4-6-18(19)22(26)23-16-9-10-16/h4-8,11-12,14,16H,9-10,13H2,1-3H3,(H,23,26)(H,24,25). The summed E-state index contributed by atoms with van der Waals surface area (Å²) >= 11 is 0. The molecule has 5 nitrogen and oxygen atoms in total. The van der Waals surface area contributed by atoms with Gasteiger partial charge in [-0.1, -0.05) is 38.1 Å². The number of aryl methyl sites for hydroxylation is 1. The van der Waals surface area contributed by atoms with Crippen LogP contribution in [-0.2, 0) is 4.79 Å². The summed E-state index contributed by atoms with van der Waals surface area (Å²) in [6, 6.07) is 13.3. The molecule has 0 radical (unpaired) electrons. The molecule has 2 amide bonds. The molecule has 1 aliphatic rings. The van der Waals surface area contributed by atoms with Gasteiger partial charge in [-0.05, 0) is 55.0 Å². The summed E-state index contributed by atoms with van der Waals surface area (Å²) in [6.07, 6.45) is 2.03. The number of nitrogens with one attached hydrogen (secondary N) is 2. The normalized spacial score (nSPS) is 13.3. The summed E-state index contributed by atoms with van der Waals surface area (Å²) in [7, 11) is 0. The lowest BCUT2D eigenvalue weighted by Crippen LogP contribution is -2.28. The maximum absolute atomic E-state index is 12.4. The Bertz CT molecular complexity index is 841. The zero-order valence-electron chi connectivity index (χ0n) is 16.0. The number of carbonyl (C=O) groups is 2. The monoisotopic (exact) mass is 366 g/mol. The van der Waals surface area contributed by atoms with Crippen LogP contribution in [0.1, 0.15) is 54.1 Å². The van der Waals surface area contributed by atoms with Crippen molar-refractivity contribution in [1.29, 1.82) is 0 Å². The van der Waals surface area contributed by atoms with Gasteiger partial charge in [-0.15, -0.1) is 0 Å². The van der Waals surface area contributed by atoms with Crippen LogP contribution in [0, 0.1) is 6.92 Å². The predicted octanol–water partition coefficient (Wildman–Crippen LogP) is 4.03. The summed E-state index contributed by atoms with van der Waals surface area (Å²) in [5.41, 5.74) is 3.11. The van der Waals surface area contributed by atoms with Crippen molar-refractivity contribution in [2.45, 2.75) is 45.6 Å². The Morgan fingerprint density at radius 3 is 2.59 bits per heavy atom. The highest BCUT2D eigenvalue weighted by molar-refractivity contribution is 6.04. The molecule has 142 valence electrons. The van der Waals surface area contributed by atoms with Crippen molar-refractivity contribution in [3.63, 3.8) is 0 Å². The van der Waals surface area contributed by atoms with Gasteiger partial charge in [-0.2, -0.15) is 0 Å². The molecular weight excluding hydrogens is 340 g/mol. The van der Waals surface area contributed by atoms with Gasteiger partial charge in [-0.3, -0.25) is 9.59 Å². The fourth-order valence-corrected chi connectivity index (χ4v) is 2.85. The summed E-state index contributed by atoms with van der Waals surface area (Å²) in [4.78, 5) is 24.7. The lowest BCUT2D eigenvalue weighted by molar-refractivity contribution is -0.118. The van der Waals surface area contributed by atoms with Crippen molar-refractivity contribution in [1.82, 2.24) is 5.32 Å². The van der Waals surface area contributed by atoms with Gasteiger partial charge in [0.05, 0.1) is 11.3 Å². The molecule has 3 rings (SSSR count). The number of para-hydroxylation sites is 1. The molecule has 0 atom stereocenters. The minimum Gasteiger partial charge on any atom is -0.483 e. The van der Waals surface area contributed by atoms with E-state index in [1.165, 1.54) is 0 Å². The quantitative estimate of drug-likeness (QED) is 0.777. The number of amides is 2. The van der Waals surface area contributed by atoms with E-state index in [2.05, 4.69) is 24.5 Å². The minimum absolute atomic E-state index is 0.109. The van der Waals surface area contributed by atoms with E-state index in [0.29, 0.717) is 17.2 Å². The third-order valence-corrected chi connectivity index (χ3v) is 4.51. The van der Waals surface area contributed by atoms with Gasteiger partial charge in [0.25, 0.3) is 11.8 Å². The van der Waals surface area contributed by atoms with Crippen molar-refractivity contribution in [2.24, 2.45) is 0 Å². The first-order valence-corrected chi connectivity index (χ1v) is 9.37. The highest BCUT2D eigenvalue weighted by Gasteiger charge is 2.25. The van der Waals surface area contributed by atoms with Crippen LogP contribution in [-0.4, -0.2) is 24.5 Å². The lowest BCUT2D eigenvalue weighted by Gasteiger charge is -2.15. The minimum atomic E-state index is -0.294. The van der Waals surface area contributed by atoms with Gasteiger partial charge >= 0.3 is 0 Å². The number of ether oxygens (including phenoxy) is 1. The van der Waals surface area contributed by atoms with Crippen molar-refractivity contribution < 1.29 is 14.3 Å². The van der Waals surface area contributed by atoms with Crippen molar-refractivity contribution in [3.05, 3.63) is 59.2 Å². The lowest BCUT2D eigenvalue weighted by atomic mass is 10.0. The first-order chi connectivity index (χ1) is 12.9. The molecule has 2 N–H and O–H groups in total. The topological polar surface area (TPSA) is 67.4 Å². The van der Waals surface area contributed by atoms with Gasteiger partial charge in [0.2, 0.25) is 0 Å². The fourth-order valence-electron chi connectivity index (χ4n) is 2.85. The van der Waals surface area contributed by atoms with Gasteiger partial charge in [0.1, 0.15) is 5.75 Å². The van der Waals surface area contributed by atoms with Gasteiger partial charge in [-0.25, -0.2) is 0 Å². The number of carbonyl (C=O) groups excluding carboxylic acids is 2. The Hall–Kier alpha value is -2.82. The van der Waals surface area contributed by atoms with Crippen LogP contribution in [0.5, 0.6) is 5.75 Å². The molecule has 1 aliphatic carbocycles. The molecule has 27 heavy (non-hydrogen) atoms. The number of anilines is 1. The van der Waals surface area contributed by atoms with E-state index in [1.807, 2.05) is 25.1 Å². The summed E-state index contributed by atoms with van der Waals surface area (Å²) in [5, 5.41) is 5.74. The molecule has 0 aromatic heterocycles. The van der Waals surface area contributed by atoms with Crippen LogP contribution >= 0.6 is 0 Å². The van der Waals surface area contributed by atoms with Gasteiger partial charge in [0, 0.05) is 6.04 Å². The number of rotatable bonds is 7. The Balaban J connectivity index is 1.65. The largest absolute Gasteiger partial charge is 0.483 e. The highest BCUT2D eigenvalue weighted by atomic mass is 16.5. The Kier molecular flexibility index (Phi) is 5.79. The molecule has 1 fully saturated rings. The zero-order chi connectivity index (χ0) is 19.4. The average Bonchev–Trinajstić information content (AvgIpc) is 3.44. The molecule has 0 unspecified atom stereocenters. The zero-order valence-corrected chi connectivity index (χ0v) is 16.0. The Morgan fingerprint density at radius 1 is 1.15 bits per heavy atom. The molecule has 0 heterocycles. The fraction of sp³-hybridized carbons (Fsp3) is 0.364. The molecule has 0 bridgehead atoms. The van der Waals surface area contributed by atoms with E-state index in [1.54, 1.807) is 24.3 Å². The Morgan fingerprint density at radius 2 is 1.89 bits per heavy atom. The summed E-state index contributed by atoms with van der Waals surface area (Å²) in [5.74, 6) is 0.573. The summed E-state index contributed by atoms with van der Waals surface area (Å²) in [6.45, 7) is 6.06. The first-order valence-electron chi connectivity index (χ1n) is 9.37. The molecule has 2 aromatic rings. The van der Waals surface area contributed by atoms with Crippen LogP contribution in [0.2, 0.25) is 0 Å². The van der Waals surface area contributed by atoms with E-state index in [-0.39, 0.29) is 24.5 Å². The van der Waals surface area contributed by atoms with E-state index >= 15 is 0 Å². The Labute approximate surface area is 160 Å². The average molecular weight is 366 g/mol. The van der Waals surface area contributed by atoms with Gasteiger partial charge in [0.15, 0.2) is 6.61 Å². The molecule has 0 saturated heterocycles. The van der Waals surface area contributed by atoms with Crippen molar-refractivity contribution in [3.8, 4) is 5.75 Å². The molecule has 5 heteroatoms. The summed E-state index contributed by atoms with van der Waals surface area (Å²) < 4.78 is 5.78. The first kappa shape index (κ1) is 19.0. The van der Waals surface area contributed by atoms with E-state index in [4.69, 9.17) is 4.74 Å². The van der Waals surface area contributed by atoms with Crippen molar-refractivity contribution >= 4 is 17.5 Å². The third-order valence-electron chi connectivity index (χ3n) is 4.51. The van der Waals surface area contributed by atoms with Crippen LogP contribution in [0.15, 0.2) is 42.5 Å². The SMILES string of the molecule is Cc1ccc(C(C)C)c(OCC(=O)Nc2ccccc2C(=O)NC2CC2)c1. The second kappa shape index (κ2) is 8.25. The molecule has 1 saturated carbocycles. The second-order valence-corrected chi connectivity index (χ2v) is 7.33. The van der Waals surface area contributed by atoms with Crippen LogP contribution in [0.4, 0.5) is 5.69 Å². The van der Waals surface area contributed by atoms with E-state index in [0.717, 1.165) is 29.7 Å². The molecule has 0 aliphatic heterocycles. The van der Waals surface area contributed by atoms with Crippen LogP contribution in [0.25, 0.3) is 0 Å². The number of benzene rings is 2. The van der Waals surface area contributed by atoms with E-state index in [9.17, 15) is 9.59 Å². The van der Waals surface area contributed by atoms with Crippen molar-refractivity contribution in [2.75, 3.05) is 11.9 Å².